The standard InChI is InChI=1S/C29H28N4O3/c1-4-5-9-16-32-28(34)25(20(2)26(18-30)29(32)35)17-22-19-33(23-10-7-6-8-11-23)31-27(22)21-12-14-24(36-3)15-13-21/h6-8,10-15,17,19H,4-5,9,16H2,1-3H3/b25-17+. The molecule has 0 N–H and O–H groups in total. The van der Waals surface area contributed by atoms with E-state index < -0.39 is 5.91 Å². The van der Waals surface area contributed by atoms with Gasteiger partial charge in [0.05, 0.1) is 18.5 Å². The largest absolute Gasteiger partial charge is 0.497 e. The zero-order valence-corrected chi connectivity index (χ0v) is 20.7. The second-order valence-corrected chi connectivity index (χ2v) is 8.58. The van der Waals surface area contributed by atoms with E-state index in [0.29, 0.717) is 28.8 Å². The van der Waals surface area contributed by atoms with Crippen molar-refractivity contribution in [3.05, 3.63) is 83.1 Å². The average Bonchev–Trinajstić information content (AvgIpc) is 3.33. The van der Waals surface area contributed by atoms with E-state index in [2.05, 4.69) is 6.92 Å². The molecule has 0 saturated carbocycles. The molecule has 36 heavy (non-hydrogen) atoms. The maximum Gasteiger partial charge on any atom is 0.271 e. The van der Waals surface area contributed by atoms with Crippen molar-refractivity contribution in [1.29, 1.82) is 5.26 Å². The summed E-state index contributed by atoms with van der Waals surface area (Å²) in [5, 5.41) is 14.5. The molecule has 2 amide bonds. The molecule has 182 valence electrons. The fourth-order valence-corrected chi connectivity index (χ4v) is 4.19. The lowest BCUT2D eigenvalue weighted by Gasteiger charge is -2.27. The van der Waals surface area contributed by atoms with Crippen LogP contribution in [-0.4, -0.2) is 40.1 Å². The number of carbonyl (C=O) groups is 2. The lowest BCUT2D eigenvalue weighted by Crippen LogP contribution is -2.43. The minimum Gasteiger partial charge on any atom is -0.497 e. The molecule has 1 aromatic heterocycles. The Morgan fingerprint density at radius 1 is 1.03 bits per heavy atom. The summed E-state index contributed by atoms with van der Waals surface area (Å²) in [5.74, 6) is -0.188. The van der Waals surface area contributed by atoms with Gasteiger partial charge in [-0.3, -0.25) is 14.5 Å². The van der Waals surface area contributed by atoms with Crippen LogP contribution in [0.25, 0.3) is 23.0 Å². The van der Waals surface area contributed by atoms with Crippen molar-refractivity contribution < 1.29 is 14.3 Å². The van der Waals surface area contributed by atoms with Gasteiger partial charge < -0.3 is 4.74 Å². The number of para-hydroxylation sites is 1. The lowest BCUT2D eigenvalue weighted by molar-refractivity contribution is -0.140. The number of aromatic nitrogens is 2. The van der Waals surface area contributed by atoms with Crippen LogP contribution >= 0.6 is 0 Å². The third-order valence-electron chi connectivity index (χ3n) is 6.24. The first kappa shape index (κ1) is 24.7. The Balaban J connectivity index is 1.85. The van der Waals surface area contributed by atoms with Crippen molar-refractivity contribution in [2.24, 2.45) is 0 Å². The van der Waals surface area contributed by atoms with E-state index in [9.17, 15) is 14.9 Å². The molecular weight excluding hydrogens is 452 g/mol. The topological polar surface area (TPSA) is 88.2 Å². The second kappa shape index (κ2) is 10.9. The minimum absolute atomic E-state index is 0.00111. The van der Waals surface area contributed by atoms with Crippen LogP contribution < -0.4 is 4.74 Å². The number of carbonyl (C=O) groups excluding carboxylic acids is 2. The van der Waals surface area contributed by atoms with E-state index in [1.54, 1.807) is 24.8 Å². The number of nitrogens with zero attached hydrogens (tertiary/aromatic N) is 4. The van der Waals surface area contributed by atoms with Gasteiger partial charge in [-0.1, -0.05) is 38.0 Å². The molecule has 0 unspecified atom stereocenters. The summed E-state index contributed by atoms with van der Waals surface area (Å²) in [6.45, 7) is 4.00. The average molecular weight is 481 g/mol. The molecule has 0 bridgehead atoms. The van der Waals surface area contributed by atoms with Gasteiger partial charge in [-0.2, -0.15) is 10.4 Å². The van der Waals surface area contributed by atoms with Crippen LogP contribution in [0.2, 0.25) is 0 Å². The number of benzene rings is 2. The second-order valence-electron chi connectivity index (χ2n) is 8.58. The Kier molecular flexibility index (Phi) is 7.45. The molecule has 2 aromatic carbocycles. The zero-order chi connectivity index (χ0) is 25.7. The number of methoxy groups -OCH3 is 1. The molecule has 0 atom stereocenters. The predicted octanol–water partition coefficient (Wildman–Crippen LogP) is 5.33. The van der Waals surface area contributed by atoms with Gasteiger partial charge in [0.2, 0.25) is 0 Å². The summed E-state index contributed by atoms with van der Waals surface area (Å²) in [5.41, 5.74) is 3.79. The summed E-state index contributed by atoms with van der Waals surface area (Å²) in [7, 11) is 1.61. The highest BCUT2D eigenvalue weighted by molar-refractivity contribution is 6.19. The Labute approximate surface area is 210 Å². The van der Waals surface area contributed by atoms with E-state index in [1.807, 2.05) is 66.9 Å². The molecule has 1 aliphatic rings. The third kappa shape index (κ3) is 4.84. The van der Waals surface area contributed by atoms with Crippen LogP contribution in [0.15, 0.2) is 77.5 Å². The van der Waals surface area contributed by atoms with E-state index in [0.717, 1.165) is 29.8 Å². The molecule has 0 radical (unpaired) electrons. The monoisotopic (exact) mass is 480 g/mol. The molecule has 7 heteroatoms. The quantitative estimate of drug-likeness (QED) is 0.247. The molecule has 4 rings (SSSR count). The number of amides is 2. The number of hydrogen-bond acceptors (Lipinski definition) is 5. The minimum atomic E-state index is -0.524. The maximum atomic E-state index is 13.5. The molecule has 2 heterocycles. The lowest BCUT2D eigenvalue weighted by atomic mass is 9.93. The predicted molar refractivity (Wildman–Crippen MR) is 138 cm³/mol. The number of hydrogen-bond donors (Lipinski definition) is 0. The summed E-state index contributed by atoms with van der Waals surface area (Å²) < 4.78 is 7.05. The first-order chi connectivity index (χ1) is 17.5. The third-order valence-corrected chi connectivity index (χ3v) is 6.24. The fourth-order valence-electron chi connectivity index (χ4n) is 4.19. The van der Waals surface area contributed by atoms with Crippen LogP contribution in [0.1, 0.15) is 38.7 Å². The van der Waals surface area contributed by atoms with Crippen molar-refractivity contribution in [2.45, 2.75) is 33.1 Å². The maximum absolute atomic E-state index is 13.5. The number of nitriles is 1. The van der Waals surface area contributed by atoms with Gasteiger partial charge in [0.1, 0.15) is 17.4 Å². The molecule has 0 aliphatic carbocycles. The summed E-state index contributed by atoms with van der Waals surface area (Å²) in [6.07, 6.45) is 6.14. The van der Waals surface area contributed by atoms with Gasteiger partial charge in [0.25, 0.3) is 11.8 Å². The van der Waals surface area contributed by atoms with E-state index in [-0.39, 0.29) is 18.0 Å². The normalized spacial score (nSPS) is 14.9. The van der Waals surface area contributed by atoms with Crippen LogP contribution in [0.5, 0.6) is 5.75 Å². The Hall–Kier alpha value is -4.44. The van der Waals surface area contributed by atoms with Crippen molar-refractivity contribution >= 4 is 17.9 Å². The van der Waals surface area contributed by atoms with Gasteiger partial charge in [-0.05, 0) is 61.4 Å². The number of imide groups is 1. The van der Waals surface area contributed by atoms with Gasteiger partial charge in [-0.25, -0.2) is 4.68 Å². The van der Waals surface area contributed by atoms with Crippen LogP contribution in [-0.2, 0) is 9.59 Å². The molecule has 0 saturated heterocycles. The Morgan fingerprint density at radius 3 is 2.39 bits per heavy atom. The van der Waals surface area contributed by atoms with Crippen LogP contribution in [0.4, 0.5) is 0 Å². The number of rotatable bonds is 8. The Bertz CT molecular complexity index is 1380. The van der Waals surface area contributed by atoms with Crippen LogP contribution in [0, 0.1) is 11.3 Å². The van der Waals surface area contributed by atoms with Crippen molar-refractivity contribution in [2.75, 3.05) is 13.7 Å². The van der Waals surface area contributed by atoms with Gasteiger partial charge in [0.15, 0.2) is 0 Å². The molecule has 3 aromatic rings. The van der Waals surface area contributed by atoms with Crippen molar-refractivity contribution in [1.82, 2.24) is 14.7 Å². The molecule has 0 spiro atoms. The highest BCUT2D eigenvalue weighted by Gasteiger charge is 2.35. The zero-order valence-electron chi connectivity index (χ0n) is 20.7. The summed E-state index contributed by atoms with van der Waals surface area (Å²) in [4.78, 5) is 27.5. The SMILES string of the molecule is CCCCCN1C(=O)C(C#N)=C(C)/C(=C\c2cn(-c3ccccc3)nc2-c2ccc(OC)cc2)C1=O. The Morgan fingerprint density at radius 2 is 1.75 bits per heavy atom. The first-order valence-electron chi connectivity index (χ1n) is 12.0. The molecule has 1 aliphatic heterocycles. The summed E-state index contributed by atoms with van der Waals surface area (Å²) in [6, 6.07) is 19.2. The fraction of sp³-hybridized carbons (Fsp3) is 0.241. The first-order valence-corrected chi connectivity index (χ1v) is 12.0. The molecular formula is C29H28N4O3. The highest BCUT2D eigenvalue weighted by Crippen LogP contribution is 2.32. The highest BCUT2D eigenvalue weighted by atomic mass is 16.5. The molecule has 7 nitrogen and oxygen atoms in total. The van der Waals surface area contributed by atoms with Crippen LogP contribution in [0.3, 0.4) is 0 Å². The van der Waals surface area contributed by atoms with Crippen molar-refractivity contribution in [3.63, 3.8) is 0 Å². The molecule has 0 fully saturated rings. The van der Waals surface area contributed by atoms with Gasteiger partial charge in [-0.15, -0.1) is 0 Å². The smallest absolute Gasteiger partial charge is 0.271 e. The van der Waals surface area contributed by atoms with E-state index in [1.165, 1.54) is 4.90 Å². The van der Waals surface area contributed by atoms with E-state index >= 15 is 0 Å². The van der Waals surface area contributed by atoms with E-state index in [4.69, 9.17) is 9.84 Å². The van der Waals surface area contributed by atoms with Gasteiger partial charge in [0, 0.05) is 29.4 Å². The number of unbranched alkanes of at least 4 members (excludes halogenated alkanes) is 2. The summed E-state index contributed by atoms with van der Waals surface area (Å²) >= 11 is 0. The van der Waals surface area contributed by atoms with Crippen molar-refractivity contribution in [3.8, 4) is 28.8 Å². The number of ether oxygens (including phenoxy) is 1. The van der Waals surface area contributed by atoms with Gasteiger partial charge >= 0.3 is 0 Å².